The van der Waals surface area contributed by atoms with Crippen LogP contribution < -0.4 is 0 Å². The highest BCUT2D eigenvalue weighted by molar-refractivity contribution is 5.38. The molecule has 0 aliphatic heterocycles. The summed E-state index contributed by atoms with van der Waals surface area (Å²) in [6, 6.07) is 0. The summed E-state index contributed by atoms with van der Waals surface area (Å²) in [6.07, 6.45) is 3.82. The number of ether oxygens (including phenoxy) is 3. The van der Waals surface area contributed by atoms with Crippen LogP contribution in [0.3, 0.4) is 0 Å². The average molecular weight is 197 g/mol. The van der Waals surface area contributed by atoms with Crippen LogP contribution in [0.25, 0.3) is 0 Å². The van der Waals surface area contributed by atoms with E-state index in [-0.39, 0.29) is 0 Å². The second-order valence-corrected chi connectivity index (χ2v) is 2.98. The molecule has 3 heteroatoms. The lowest BCUT2D eigenvalue weighted by molar-refractivity contribution is 0.175. The lowest BCUT2D eigenvalue weighted by Gasteiger charge is -2.22. The zero-order chi connectivity index (χ0) is 10.6. The second-order valence-electron chi connectivity index (χ2n) is 2.98. The van der Waals surface area contributed by atoms with E-state index < -0.39 is 0 Å². The predicted molar refractivity (Wildman–Crippen MR) is 54.3 cm³/mol. The van der Waals surface area contributed by atoms with Crippen molar-refractivity contribution in [2.75, 3.05) is 21.3 Å². The van der Waals surface area contributed by atoms with Crippen LogP contribution in [0.2, 0.25) is 0 Å². The van der Waals surface area contributed by atoms with Gasteiger partial charge in [0.25, 0.3) is 0 Å². The fourth-order valence-corrected chi connectivity index (χ4v) is 1.58. The van der Waals surface area contributed by atoms with Gasteiger partial charge in [0.05, 0.1) is 21.3 Å². The van der Waals surface area contributed by atoms with Gasteiger partial charge in [0.2, 0.25) is 0 Å². The average Bonchev–Trinajstić information content (AvgIpc) is 2.26. The molecule has 0 amide bonds. The van der Waals surface area contributed by atoms with E-state index in [9.17, 15) is 0 Å². The maximum absolute atomic E-state index is 5.32. The van der Waals surface area contributed by atoms with Gasteiger partial charge in [0.15, 0.2) is 11.5 Å². The zero-order valence-corrected chi connectivity index (χ0v) is 9.22. The third-order valence-corrected chi connectivity index (χ3v) is 2.32. The van der Waals surface area contributed by atoms with Gasteiger partial charge in [0, 0.05) is 6.42 Å². The van der Waals surface area contributed by atoms with Crippen LogP contribution >= 0.6 is 0 Å². The van der Waals surface area contributed by atoms with E-state index in [2.05, 4.69) is 13.3 Å². The van der Waals surface area contributed by atoms with E-state index in [1.807, 2.05) is 0 Å². The van der Waals surface area contributed by atoms with Crippen molar-refractivity contribution < 1.29 is 14.2 Å². The molecule has 0 atom stereocenters. The van der Waals surface area contributed by atoms with E-state index >= 15 is 0 Å². The SMILES string of the molecule is CCC1=C(OC)C(OC)=C(OC)C[CH]1. The van der Waals surface area contributed by atoms with Crippen LogP contribution in [-0.4, -0.2) is 21.3 Å². The first-order valence-corrected chi connectivity index (χ1v) is 4.70. The Kier molecular flexibility index (Phi) is 3.86. The standard InChI is InChI=1S/C11H17O3/c1-5-8-6-7-9(12-2)11(14-4)10(8)13-3/h6H,5,7H2,1-4H3. The van der Waals surface area contributed by atoms with Crippen molar-refractivity contribution in [3.8, 4) is 0 Å². The van der Waals surface area contributed by atoms with E-state index in [4.69, 9.17) is 14.2 Å². The van der Waals surface area contributed by atoms with Gasteiger partial charge in [-0.25, -0.2) is 0 Å². The molecule has 79 valence electrons. The molecule has 1 aliphatic rings. The van der Waals surface area contributed by atoms with Gasteiger partial charge in [-0.15, -0.1) is 0 Å². The van der Waals surface area contributed by atoms with Gasteiger partial charge in [-0.3, -0.25) is 0 Å². The lowest BCUT2D eigenvalue weighted by atomic mass is 9.98. The van der Waals surface area contributed by atoms with Crippen LogP contribution in [0.15, 0.2) is 22.9 Å². The molecule has 0 aromatic rings. The van der Waals surface area contributed by atoms with Gasteiger partial charge < -0.3 is 14.2 Å². The van der Waals surface area contributed by atoms with Crippen molar-refractivity contribution in [1.29, 1.82) is 0 Å². The molecule has 1 rings (SSSR count). The highest BCUT2D eigenvalue weighted by Gasteiger charge is 2.23. The minimum absolute atomic E-state index is 0.717. The van der Waals surface area contributed by atoms with Crippen molar-refractivity contribution in [3.63, 3.8) is 0 Å². The van der Waals surface area contributed by atoms with Crippen LogP contribution in [-0.2, 0) is 14.2 Å². The molecule has 0 unspecified atom stereocenters. The minimum Gasteiger partial charge on any atom is -0.497 e. The topological polar surface area (TPSA) is 27.7 Å². The van der Waals surface area contributed by atoms with Crippen molar-refractivity contribution in [2.24, 2.45) is 0 Å². The van der Waals surface area contributed by atoms with Crippen molar-refractivity contribution >= 4 is 0 Å². The summed E-state index contributed by atoms with van der Waals surface area (Å²) in [7, 11) is 4.93. The van der Waals surface area contributed by atoms with Crippen molar-refractivity contribution in [3.05, 3.63) is 29.3 Å². The van der Waals surface area contributed by atoms with Crippen LogP contribution in [0, 0.1) is 6.42 Å². The molecule has 0 saturated heterocycles. The Morgan fingerprint density at radius 2 is 1.71 bits per heavy atom. The first-order chi connectivity index (χ1) is 6.78. The summed E-state index contributed by atoms with van der Waals surface area (Å²) < 4.78 is 15.8. The summed E-state index contributed by atoms with van der Waals surface area (Å²) in [5.74, 6) is 2.33. The van der Waals surface area contributed by atoms with Crippen LogP contribution in [0.1, 0.15) is 19.8 Å². The summed E-state index contributed by atoms with van der Waals surface area (Å²) in [5, 5.41) is 0. The third-order valence-electron chi connectivity index (χ3n) is 2.32. The van der Waals surface area contributed by atoms with Crippen molar-refractivity contribution in [2.45, 2.75) is 19.8 Å². The number of methoxy groups -OCH3 is 3. The Morgan fingerprint density at radius 1 is 1.07 bits per heavy atom. The van der Waals surface area contributed by atoms with E-state index in [1.165, 1.54) is 5.57 Å². The van der Waals surface area contributed by atoms with Crippen LogP contribution in [0.4, 0.5) is 0 Å². The van der Waals surface area contributed by atoms with Gasteiger partial charge in [-0.1, -0.05) is 6.92 Å². The first kappa shape index (κ1) is 11.0. The molecule has 0 aromatic carbocycles. The highest BCUT2D eigenvalue weighted by atomic mass is 16.5. The monoisotopic (exact) mass is 197 g/mol. The maximum atomic E-state index is 5.32. The number of hydrogen-bond donors (Lipinski definition) is 0. The zero-order valence-electron chi connectivity index (χ0n) is 9.22. The van der Waals surface area contributed by atoms with Gasteiger partial charge in [-0.2, -0.15) is 0 Å². The molecule has 0 saturated carbocycles. The van der Waals surface area contributed by atoms with E-state index in [1.54, 1.807) is 21.3 Å². The van der Waals surface area contributed by atoms with Gasteiger partial charge in [-0.05, 0) is 18.4 Å². The molecule has 1 aliphatic carbocycles. The summed E-state index contributed by atoms with van der Waals surface area (Å²) in [6.45, 7) is 2.09. The van der Waals surface area contributed by atoms with E-state index in [0.29, 0.717) is 5.76 Å². The Morgan fingerprint density at radius 3 is 2.14 bits per heavy atom. The molecule has 0 N–H and O–H groups in total. The summed E-state index contributed by atoms with van der Waals surface area (Å²) in [4.78, 5) is 0. The van der Waals surface area contributed by atoms with Crippen molar-refractivity contribution in [1.82, 2.24) is 0 Å². The Labute approximate surface area is 85.3 Å². The first-order valence-electron chi connectivity index (χ1n) is 4.70. The summed E-state index contributed by atoms with van der Waals surface area (Å²) in [5.41, 5.74) is 1.17. The molecule has 0 aromatic heterocycles. The predicted octanol–water partition coefficient (Wildman–Crippen LogP) is 2.41. The molecule has 0 bridgehead atoms. The number of allylic oxidation sites excluding steroid dienone is 2. The molecule has 0 spiro atoms. The fourth-order valence-electron chi connectivity index (χ4n) is 1.58. The fraction of sp³-hybridized carbons (Fsp3) is 0.545. The van der Waals surface area contributed by atoms with Gasteiger partial charge in [0.1, 0.15) is 5.76 Å². The Balaban J connectivity index is 3.08. The molecular formula is C11H17O3. The van der Waals surface area contributed by atoms with Gasteiger partial charge >= 0.3 is 0 Å². The molecule has 0 heterocycles. The number of rotatable bonds is 4. The largest absolute Gasteiger partial charge is 0.497 e. The molecular weight excluding hydrogens is 180 g/mol. The van der Waals surface area contributed by atoms with Crippen LogP contribution in [0.5, 0.6) is 0 Å². The number of hydrogen-bond acceptors (Lipinski definition) is 3. The lowest BCUT2D eigenvalue weighted by Crippen LogP contribution is -2.11. The minimum atomic E-state index is 0.717. The molecule has 1 radical (unpaired) electrons. The quantitative estimate of drug-likeness (QED) is 0.692. The molecule has 0 fully saturated rings. The third kappa shape index (κ3) is 1.86. The normalized spacial score (nSPS) is 17.1. The molecule has 3 nitrogen and oxygen atoms in total. The second kappa shape index (κ2) is 4.94. The summed E-state index contributed by atoms with van der Waals surface area (Å²) >= 11 is 0. The Hall–Kier alpha value is -1.12. The maximum Gasteiger partial charge on any atom is 0.198 e. The smallest absolute Gasteiger partial charge is 0.198 e. The molecule has 14 heavy (non-hydrogen) atoms. The van der Waals surface area contributed by atoms with E-state index in [0.717, 1.165) is 24.4 Å². The highest BCUT2D eigenvalue weighted by Crippen LogP contribution is 2.32. The Bertz CT molecular complexity index is 236.